The molecule has 2 saturated carbocycles. The number of hydrogen-bond donors (Lipinski definition) is 2. The van der Waals surface area contributed by atoms with Gasteiger partial charge in [0.2, 0.25) is 0 Å². The average Bonchev–Trinajstić information content (AvgIpc) is 3.43. The predicted octanol–water partition coefficient (Wildman–Crippen LogP) is 1.22. The fourth-order valence-corrected chi connectivity index (χ4v) is 5.75. The second-order valence-electron chi connectivity index (χ2n) is 8.29. The van der Waals surface area contributed by atoms with Crippen LogP contribution in [0.15, 0.2) is 4.99 Å². The largest absolute Gasteiger partial charge is 0.354 e. The second-order valence-corrected chi connectivity index (χ2v) is 10.5. The molecule has 0 spiro atoms. The molecule has 3 atom stereocenters. The molecular formula is C17H31IN4O2S. The van der Waals surface area contributed by atoms with E-state index in [9.17, 15) is 8.42 Å². The lowest BCUT2D eigenvalue weighted by molar-refractivity contribution is 0.315. The van der Waals surface area contributed by atoms with E-state index in [4.69, 9.17) is 4.99 Å². The Balaban J connectivity index is 0.00000182. The highest BCUT2D eigenvalue weighted by atomic mass is 127. The lowest BCUT2D eigenvalue weighted by Gasteiger charge is -2.21. The molecule has 4 rings (SSSR count). The van der Waals surface area contributed by atoms with Crippen LogP contribution < -0.4 is 10.6 Å². The van der Waals surface area contributed by atoms with Crippen LogP contribution in [0.2, 0.25) is 0 Å². The standard InChI is InChI=1S/C17H30N4O2S.HI/c1-12-9-21(15-4-5-15)10-16(12)20-17(19-14-2-3-14)18-8-13-6-7-24(22,23)11-13;/h12-16H,2-11H2,1H3,(H2,18,19,20);1H. The number of hydrogen-bond acceptors (Lipinski definition) is 4. The van der Waals surface area contributed by atoms with Crippen molar-refractivity contribution in [3.05, 3.63) is 0 Å². The molecule has 0 aromatic heterocycles. The molecule has 0 aromatic carbocycles. The summed E-state index contributed by atoms with van der Waals surface area (Å²) in [6.45, 7) is 5.22. The van der Waals surface area contributed by atoms with Gasteiger partial charge >= 0.3 is 0 Å². The zero-order chi connectivity index (χ0) is 16.7. The van der Waals surface area contributed by atoms with Crippen molar-refractivity contribution in [2.45, 2.75) is 57.2 Å². The Kier molecular flexibility index (Phi) is 6.20. The maximum Gasteiger partial charge on any atom is 0.191 e. The Morgan fingerprint density at radius 3 is 2.48 bits per heavy atom. The minimum atomic E-state index is -2.81. The second kappa shape index (κ2) is 7.88. The maximum atomic E-state index is 11.6. The van der Waals surface area contributed by atoms with Crippen molar-refractivity contribution in [1.29, 1.82) is 0 Å². The molecule has 0 amide bonds. The Morgan fingerprint density at radius 2 is 1.88 bits per heavy atom. The van der Waals surface area contributed by atoms with Crippen LogP contribution >= 0.6 is 24.0 Å². The summed E-state index contributed by atoms with van der Waals surface area (Å²) >= 11 is 0. The van der Waals surface area contributed by atoms with Crippen LogP contribution in [0, 0.1) is 11.8 Å². The third-order valence-corrected chi connectivity index (χ3v) is 7.62. The molecule has 2 heterocycles. The number of rotatable bonds is 5. The third-order valence-electron chi connectivity index (χ3n) is 5.78. The van der Waals surface area contributed by atoms with E-state index in [1.54, 1.807) is 0 Å². The van der Waals surface area contributed by atoms with Gasteiger partial charge in [-0.05, 0) is 43.9 Å². The highest BCUT2D eigenvalue weighted by molar-refractivity contribution is 14.0. The Morgan fingerprint density at radius 1 is 1.12 bits per heavy atom. The van der Waals surface area contributed by atoms with E-state index in [1.165, 1.54) is 32.2 Å². The molecule has 0 radical (unpaired) electrons. The summed E-state index contributed by atoms with van der Waals surface area (Å²) in [5, 5.41) is 7.16. The van der Waals surface area contributed by atoms with Crippen LogP contribution in [-0.2, 0) is 9.84 Å². The SMILES string of the molecule is CC1CN(C2CC2)CC1NC(=NCC1CCS(=O)(=O)C1)NC1CC1.I. The summed E-state index contributed by atoms with van der Waals surface area (Å²) in [6.07, 6.45) is 5.91. The Hall–Kier alpha value is -0.0900. The third kappa shape index (κ3) is 5.45. The van der Waals surface area contributed by atoms with Gasteiger partial charge < -0.3 is 10.6 Å². The van der Waals surface area contributed by atoms with E-state index in [1.807, 2.05) is 0 Å². The van der Waals surface area contributed by atoms with Gasteiger partial charge in [0.25, 0.3) is 0 Å². The molecule has 2 N–H and O–H groups in total. The molecular weight excluding hydrogens is 451 g/mol. The minimum absolute atomic E-state index is 0. The van der Waals surface area contributed by atoms with Gasteiger partial charge in [-0.2, -0.15) is 0 Å². The molecule has 0 aromatic rings. The lowest BCUT2D eigenvalue weighted by atomic mass is 10.1. The Bertz CT molecular complexity index is 604. The fraction of sp³-hybridized carbons (Fsp3) is 0.941. The van der Waals surface area contributed by atoms with Crippen molar-refractivity contribution in [3.8, 4) is 0 Å². The quantitative estimate of drug-likeness (QED) is 0.350. The van der Waals surface area contributed by atoms with Crippen LogP contribution in [0.25, 0.3) is 0 Å². The van der Waals surface area contributed by atoms with Crippen LogP contribution in [0.5, 0.6) is 0 Å². The van der Waals surface area contributed by atoms with E-state index in [2.05, 4.69) is 22.5 Å². The van der Waals surface area contributed by atoms with Gasteiger partial charge in [-0.25, -0.2) is 8.42 Å². The van der Waals surface area contributed by atoms with Gasteiger partial charge in [-0.3, -0.25) is 9.89 Å². The van der Waals surface area contributed by atoms with Gasteiger partial charge in [0.1, 0.15) is 0 Å². The van der Waals surface area contributed by atoms with E-state index in [0.29, 0.717) is 36.1 Å². The number of guanidine groups is 1. The number of aliphatic imine (C=N–C) groups is 1. The fourth-order valence-electron chi connectivity index (χ4n) is 3.90. The average molecular weight is 482 g/mol. The van der Waals surface area contributed by atoms with E-state index < -0.39 is 9.84 Å². The first-order valence-electron chi connectivity index (χ1n) is 9.50. The molecule has 25 heavy (non-hydrogen) atoms. The molecule has 0 bridgehead atoms. The van der Waals surface area contributed by atoms with E-state index in [0.717, 1.165) is 25.0 Å². The van der Waals surface area contributed by atoms with Gasteiger partial charge in [0.15, 0.2) is 15.8 Å². The highest BCUT2D eigenvalue weighted by Gasteiger charge is 2.38. The summed E-state index contributed by atoms with van der Waals surface area (Å²) < 4.78 is 23.2. The summed E-state index contributed by atoms with van der Waals surface area (Å²) in [4.78, 5) is 7.36. The molecule has 6 nitrogen and oxygen atoms in total. The molecule has 2 aliphatic heterocycles. The summed E-state index contributed by atoms with van der Waals surface area (Å²) in [6, 6.07) is 1.82. The summed E-state index contributed by atoms with van der Waals surface area (Å²) in [7, 11) is -2.81. The molecule has 2 aliphatic carbocycles. The number of nitrogens with zero attached hydrogens (tertiary/aromatic N) is 2. The van der Waals surface area contributed by atoms with Gasteiger partial charge in [0.05, 0.1) is 11.5 Å². The van der Waals surface area contributed by atoms with Crippen molar-refractivity contribution in [1.82, 2.24) is 15.5 Å². The van der Waals surface area contributed by atoms with Crippen LogP contribution in [0.3, 0.4) is 0 Å². The molecule has 2 saturated heterocycles. The van der Waals surface area contributed by atoms with Crippen LogP contribution in [0.1, 0.15) is 39.0 Å². The monoisotopic (exact) mass is 482 g/mol. The Labute approximate surface area is 168 Å². The van der Waals surface area contributed by atoms with Gasteiger partial charge in [-0.1, -0.05) is 6.92 Å². The first kappa shape index (κ1) is 19.7. The normalized spacial score (nSPS) is 35.4. The first-order chi connectivity index (χ1) is 11.5. The number of likely N-dealkylation sites (tertiary alicyclic amines) is 1. The van der Waals surface area contributed by atoms with Crippen molar-refractivity contribution < 1.29 is 8.42 Å². The minimum Gasteiger partial charge on any atom is -0.354 e. The van der Waals surface area contributed by atoms with Crippen LogP contribution in [0.4, 0.5) is 0 Å². The topological polar surface area (TPSA) is 73.8 Å². The summed E-state index contributed by atoms with van der Waals surface area (Å²) in [5.41, 5.74) is 0. The molecule has 144 valence electrons. The van der Waals surface area contributed by atoms with Gasteiger partial charge in [0, 0.05) is 37.8 Å². The number of nitrogens with one attached hydrogen (secondary N) is 2. The van der Waals surface area contributed by atoms with E-state index >= 15 is 0 Å². The predicted molar refractivity (Wildman–Crippen MR) is 111 cm³/mol. The van der Waals surface area contributed by atoms with Crippen molar-refractivity contribution in [2.75, 3.05) is 31.1 Å². The van der Waals surface area contributed by atoms with E-state index in [-0.39, 0.29) is 29.9 Å². The van der Waals surface area contributed by atoms with Crippen LogP contribution in [-0.4, -0.2) is 68.5 Å². The smallest absolute Gasteiger partial charge is 0.191 e. The van der Waals surface area contributed by atoms with Crippen molar-refractivity contribution in [2.24, 2.45) is 16.8 Å². The van der Waals surface area contributed by atoms with Crippen molar-refractivity contribution >= 4 is 39.8 Å². The number of sulfone groups is 1. The maximum absolute atomic E-state index is 11.6. The number of halogens is 1. The summed E-state index contributed by atoms with van der Waals surface area (Å²) in [5.74, 6) is 2.36. The first-order valence-corrected chi connectivity index (χ1v) is 11.3. The zero-order valence-electron chi connectivity index (χ0n) is 15.0. The highest BCUT2D eigenvalue weighted by Crippen LogP contribution is 2.31. The molecule has 3 unspecified atom stereocenters. The van der Waals surface area contributed by atoms with Gasteiger partial charge in [-0.15, -0.1) is 24.0 Å². The molecule has 4 fully saturated rings. The molecule has 4 aliphatic rings. The molecule has 8 heteroatoms. The lowest BCUT2D eigenvalue weighted by Crippen LogP contribution is -2.47. The van der Waals surface area contributed by atoms with Crippen molar-refractivity contribution in [3.63, 3.8) is 0 Å². The zero-order valence-corrected chi connectivity index (χ0v) is 18.1.